The van der Waals surface area contributed by atoms with Crippen molar-refractivity contribution >= 4 is 29.6 Å². The second-order valence-electron chi connectivity index (χ2n) is 1.65. The van der Waals surface area contributed by atoms with E-state index >= 15 is 0 Å². The lowest BCUT2D eigenvalue weighted by Crippen LogP contribution is -2.21. The van der Waals surface area contributed by atoms with Crippen molar-refractivity contribution < 1.29 is 0 Å². The van der Waals surface area contributed by atoms with Crippen LogP contribution in [0.4, 0.5) is 0 Å². The fraction of sp³-hybridized carbons (Fsp3) is 1.00. The molecule has 0 N–H and O–H groups in total. The van der Waals surface area contributed by atoms with Crippen LogP contribution in [0.1, 0.15) is 0 Å². The summed E-state index contributed by atoms with van der Waals surface area (Å²) in [5.41, 5.74) is 0. The van der Waals surface area contributed by atoms with Crippen LogP contribution in [0.5, 0.6) is 0 Å². The van der Waals surface area contributed by atoms with Gasteiger partial charge in [-0.3, -0.25) is 0 Å². The molecule has 4 heteroatoms. The van der Waals surface area contributed by atoms with Crippen LogP contribution in [0.3, 0.4) is 0 Å². The SMILES string of the molecule is CN(C)C[SiH](Cl)Cl. The lowest BCUT2D eigenvalue weighted by Gasteiger charge is -2.06. The number of halogens is 2. The number of hydrogen-bond acceptors (Lipinski definition) is 1. The maximum atomic E-state index is 5.54. The van der Waals surface area contributed by atoms with Crippen LogP contribution >= 0.6 is 22.2 Å². The van der Waals surface area contributed by atoms with E-state index in [1.165, 1.54) is 0 Å². The molecule has 0 amide bonds. The van der Waals surface area contributed by atoms with Crippen molar-refractivity contribution in [1.82, 2.24) is 4.90 Å². The van der Waals surface area contributed by atoms with Crippen LogP contribution in [0.15, 0.2) is 0 Å². The van der Waals surface area contributed by atoms with Gasteiger partial charge in [-0.15, -0.1) is 22.2 Å². The average Bonchev–Trinajstić information content (AvgIpc) is 1.27. The first-order valence-electron chi connectivity index (χ1n) is 2.06. The fourth-order valence-electron chi connectivity index (χ4n) is 0.276. The summed E-state index contributed by atoms with van der Waals surface area (Å²) in [6, 6.07) is 0. The number of nitrogens with zero attached hydrogens (tertiary/aromatic N) is 1. The number of hydrogen-bond donors (Lipinski definition) is 0. The Bertz CT molecular complexity index is 42.2. The van der Waals surface area contributed by atoms with Gasteiger partial charge in [-0.25, -0.2) is 0 Å². The zero-order valence-corrected chi connectivity index (χ0v) is 7.15. The van der Waals surface area contributed by atoms with Crippen LogP contribution < -0.4 is 0 Å². The minimum atomic E-state index is -1.36. The maximum Gasteiger partial charge on any atom is 0.250 e. The molecular formula is C3H9Cl2NSi. The van der Waals surface area contributed by atoms with Crippen LogP contribution in [-0.4, -0.2) is 32.6 Å². The van der Waals surface area contributed by atoms with E-state index in [0.717, 1.165) is 6.17 Å². The standard InChI is InChI=1S/C3H9Cl2NSi/c1-6(2)3-7(4)5/h7H,3H2,1-2H3. The minimum absolute atomic E-state index is 0.864. The zero-order valence-electron chi connectivity index (χ0n) is 4.49. The third kappa shape index (κ3) is 6.76. The van der Waals surface area contributed by atoms with Gasteiger partial charge in [-0.05, 0) is 14.1 Å². The molecule has 0 heterocycles. The molecule has 0 saturated heterocycles. The zero-order chi connectivity index (χ0) is 5.86. The van der Waals surface area contributed by atoms with E-state index in [2.05, 4.69) is 0 Å². The Morgan fingerprint density at radius 2 is 1.86 bits per heavy atom. The molecule has 44 valence electrons. The molecule has 7 heavy (non-hydrogen) atoms. The van der Waals surface area contributed by atoms with Crippen molar-refractivity contribution in [1.29, 1.82) is 0 Å². The molecule has 1 nitrogen and oxygen atoms in total. The fourth-order valence-corrected chi connectivity index (χ4v) is 2.48. The van der Waals surface area contributed by atoms with Crippen LogP contribution in [0, 0.1) is 0 Å². The van der Waals surface area contributed by atoms with Crippen molar-refractivity contribution in [2.45, 2.75) is 0 Å². The highest BCUT2D eigenvalue weighted by atomic mass is 35.7. The second-order valence-corrected chi connectivity index (χ2v) is 6.63. The molecular weight excluding hydrogens is 149 g/mol. The van der Waals surface area contributed by atoms with Crippen molar-refractivity contribution in [3.63, 3.8) is 0 Å². The third-order valence-corrected chi connectivity index (χ3v) is 2.34. The Balaban J connectivity index is 2.95. The third-order valence-electron chi connectivity index (χ3n) is 0.503. The summed E-state index contributed by atoms with van der Waals surface area (Å²) in [5, 5.41) is 0. The molecule has 0 atom stereocenters. The molecule has 0 aliphatic rings. The molecule has 0 aliphatic carbocycles. The van der Waals surface area contributed by atoms with Crippen molar-refractivity contribution in [3.05, 3.63) is 0 Å². The Kier molecular flexibility index (Phi) is 4.12. The Morgan fingerprint density at radius 1 is 1.43 bits per heavy atom. The topological polar surface area (TPSA) is 3.24 Å². The monoisotopic (exact) mass is 157 g/mol. The van der Waals surface area contributed by atoms with Gasteiger partial charge in [0.1, 0.15) is 0 Å². The molecule has 0 aromatic heterocycles. The molecule has 0 aromatic carbocycles. The summed E-state index contributed by atoms with van der Waals surface area (Å²) in [7, 11) is 2.57. The highest BCUT2D eigenvalue weighted by Crippen LogP contribution is 1.94. The van der Waals surface area contributed by atoms with Crippen LogP contribution in [0.2, 0.25) is 0 Å². The highest BCUT2D eigenvalue weighted by Gasteiger charge is 2.00. The molecule has 0 aliphatic heterocycles. The molecule has 0 saturated carbocycles. The highest BCUT2D eigenvalue weighted by molar-refractivity contribution is 7.33. The smallest absolute Gasteiger partial charge is 0.250 e. The van der Waals surface area contributed by atoms with Gasteiger partial charge in [-0.1, -0.05) is 0 Å². The summed E-state index contributed by atoms with van der Waals surface area (Å²) in [4.78, 5) is 2.00. The summed E-state index contributed by atoms with van der Waals surface area (Å²) in [6.07, 6.45) is 0.864. The normalized spacial score (nSPS) is 11.1. The largest absolute Gasteiger partial charge is 0.310 e. The van der Waals surface area contributed by atoms with E-state index in [1.807, 2.05) is 19.0 Å². The first-order valence-corrected chi connectivity index (χ1v) is 6.36. The van der Waals surface area contributed by atoms with E-state index < -0.39 is 7.42 Å². The molecule has 0 fully saturated rings. The van der Waals surface area contributed by atoms with Gasteiger partial charge < -0.3 is 4.90 Å². The predicted octanol–water partition coefficient (Wildman–Crippen LogP) is 0.785. The van der Waals surface area contributed by atoms with Gasteiger partial charge in [0.15, 0.2) is 0 Å². The maximum absolute atomic E-state index is 5.54. The van der Waals surface area contributed by atoms with E-state index in [4.69, 9.17) is 22.2 Å². The Hall–Kier alpha value is 0.757. The van der Waals surface area contributed by atoms with E-state index in [-0.39, 0.29) is 0 Å². The molecule has 0 unspecified atom stereocenters. The van der Waals surface area contributed by atoms with Crippen LogP contribution in [-0.2, 0) is 0 Å². The van der Waals surface area contributed by atoms with E-state index in [9.17, 15) is 0 Å². The van der Waals surface area contributed by atoms with E-state index in [1.54, 1.807) is 0 Å². The second kappa shape index (κ2) is 3.72. The van der Waals surface area contributed by atoms with Crippen molar-refractivity contribution in [3.8, 4) is 0 Å². The first kappa shape index (κ1) is 7.76. The lowest BCUT2D eigenvalue weighted by molar-refractivity contribution is 0.478. The van der Waals surface area contributed by atoms with Gasteiger partial charge in [0, 0.05) is 6.17 Å². The van der Waals surface area contributed by atoms with Crippen LogP contribution in [0.25, 0.3) is 0 Å². The Labute approximate surface area is 55.2 Å². The van der Waals surface area contributed by atoms with E-state index in [0.29, 0.717) is 0 Å². The molecule has 0 aromatic rings. The van der Waals surface area contributed by atoms with Gasteiger partial charge in [0.25, 0.3) is 0 Å². The Morgan fingerprint density at radius 3 is 1.86 bits per heavy atom. The quantitative estimate of drug-likeness (QED) is 0.424. The van der Waals surface area contributed by atoms with Gasteiger partial charge in [0.2, 0.25) is 7.42 Å². The molecule has 0 rings (SSSR count). The first-order chi connectivity index (χ1) is 3.13. The average molecular weight is 158 g/mol. The van der Waals surface area contributed by atoms with Gasteiger partial charge >= 0.3 is 0 Å². The summed E-state index contributed by atoms with van der Waals surface area (Å²) < 4.78 is 0. The van der Waals surface area contributed by atoms with Gasteiger partial charge in [-0.2, -0.15) is 0 Å². The van der Waals surface area contributed by atoms with Crippen molar-refractivity contribution in [2.75, 3.05) is 20.3 Å². The predicted molar refractivity (Wildman–Crippen MR) is 37.4 cm³/mol. The van der Waals surface area contributed by atoms with Gasteiger partial charge in [0.05, 0.1) is 0 Å². The molecule has 0 bridgehead atoms. The lowest BCUT2D eigenvalue weighted by atomic mass is 11.0. The minimum Gasteiger partial charge on any atom is -0.310 e. The number of rotatable bonds is 2. The summed E-state index contributed by atoms with van der Waals surface area (Å²) in [5.74, 6) is 0. The van der Waals surface area contributed by atoms with Crippen molar-refractivity contribution in [2.24, 2.45) is 0 Å². The summed E-state index contributed by atoms with van der Waals surface area (Å²) >= 11 is 11.1. The molecule has 0 spiro atoms. The summed E-state index contributed by atoms with van der Waals surface area (Å²) in [6.45, 7) is 0. The molecule has 0 radical (unpaired) electrons.